The van der Waals surface area contributed by atoms with Gasteiger partial charge in [0, 0.05) is 15.1 Å². The first-order valence-electron chi connectivity index (χ1n) is 9.80. The number of hydrogen-bond acceptors (Lipinski definition) is 4. The minimum Gasteiger partial charge on any atom is -0.490 e. The van der Waals surface area contributed by atoms with Gasteiger partial charge in [0.25, 0.3) is 5.91 Å². The Labute approximate surface area is 214 Å². The number of carbonyl (C=O) groups is 1. The topological polar surface area (TPSA) is 59.9 Å². The van der Waals surface area contributed by atoms with E-state index >= 15 is 0 Å². The number of hydrazone groups is 1. The molecule has 5 nitrogen and oxygen atoms in total. The summed E-state index contributed by atoms with van der Waals surface area (Å²) in [6.07, 6.45) is 1.57. The second-order valence-electron chi connectivity index (χ2n) is 6.84. The quantitative estimate of drug-likeness (QED) is 0.171. The lowest BCUT2D eigenvalue weighted by molar-refractivity contribution is 0.0955. The van der Waals surface area contributed by atoms with Crippen molar-refractivity contribution in [3.63, 3.8) is 0 Å². The zero-order chi connectivity index (χ0) is 23.1. The summed E-state index contributed by atoms with van der Waals surface area (Å²) in [6.45, 7) is 4.72. The smallest absolute Gasteiger partial charge is 0.271 e. The number of ether oxygens (including phenoxy) is 2. The molecule has 0 heterocycles. The van der Waals surface area contributed by atoms with Crippen molar-refractivity contribution >= 4 is 62.2 Å². The Morgan fingerprint density at radius 2 is 1.91 bits per heavy atom. The van der Waals surface area contributed by atoms with Crippen molar-refractivity contribution < 1.29 is 14.3 Å². The van der Waals surface area contributed by atoms with E-state index < -0.39 is 0 Å². The van der Waals surface area contributed by atoms with Gasteiger partial charge in [-0.25, -0.2) is 5.43 Å². The second-order valence-corrected chi connectivity index (χ2v) is 9.33. The molecule has 0 aliphatic carbocycles. The molecule has 0 saturated heterocycles. The van der Waals surface area contributed by atoms with Crippen LogP contribution in [-0.2, 0) is 6.61 Å². The van der Waals surface area contributed by atoms with Gasteiger partial charge in [-0.1, -0.05) is 45.7 Å². The molecule has 0 unspecified atom stereocenters. The van der Waals surface area contributed by atoms with E-state index in [1.165, 1.54) is 0 Å². The van der Waals surface area contributed by atoms with E-state index in [1.807, 2.05) is 50.2 Å². The number of amides is 1. The van der Waals surface area contributed by atoms with E-state index in [1.54, 1.807) is 24.4 Å². The van der Waals surface area contributed by atoms with E-state index in [0.29, 0.717) is 35.3 Å². The highest BCUT2D eigenvalue weighted by Gasteiger charge is 2.12. The van der Waals surface area contributed by atoms with Crippen LogP contribution in [0.15, 0.2) is 64.2 Å². The summed E-state index contributed by atoms with van der Waals surface area (Å²) >= 11 is 11.7. The molecular weight excluding hydrogens is 607 g/mol. The van der Waals surface area contributed by atoms with Crippen LogP contribution in [0.5, 0.6) is 11.5 Å². The van der Waals surface area contributed by atoms with Crippen LogP contribution in [0.2, 0.25) is 5.02 Å². The van der Waals surface area contributed by atoms with Gasteiger partial charge in [0.15, 0.2) is 11.5 Å². The predicted octanol–water partition coefficient (Wildman–Crippen LogP) is 6.76. The van der Waals surface area contributed by atoms with Crippen molar-refractivity contribution in [3.05, 3.63) is 89.9 Å². The Hall–Kier alpha value is -2.10. The Bertz CT molecular complexity index is 1140. The predicted molar refractivity (Wildman–Crippen MR) is 140 cm³/mol. The van der Waals surface area contributed by atoms with Gasteiger partial charge in [0.1, 0.15) is 6.61 Å². The zero-order valence-corrected chi connectivity index (χ0v) is 22.0. The molecule has 0 radical (unpaired) electrons. The normalized spacial score (nSPS) is 10.9. The lowest BCUT2D eigenvalue weighted by Gasteiger charge is -2.15. The van der Waals surface area contributed by atoms with Crippen molar-refractivity contribution in [2.45, 2.75) is 20.5 Å². The highest BCUT2D eigenvalue weighted by Crippen LogP contribution is 2.34. The molecule has 3 aromatic rings. The maximum absolute atomic E-state index is 12.3. The molecule has 0 aliphatic rings. The molecule has 0 spiro atoms. The molecule has 3 aromatic carbocycles. The molecule has 1 amide bonds. The molecule has 32 heavy (non-hydrogen) atoms. The monoisotopic (exact) mass is 626 g/mol. The maximum Gasteiger partial charge on any atom is 0.271 e. The second kappa shape index (κ2) is 11.7. The van der Waals surface area contributed by atoms with E-state index in [0.717, 1.165) is 24.7 Å². The fourth-order valence-electron chi connectivity index (χ4n) is 2.77. The number of rotatable bonds is 8. The van der Waals surface area contributed by atoms with Crippen molar-refractivity contribution in [1.82, 2.24) is 5.43 Å². The third-order valence-corrected chi connectivity index (χ3v) is 6.18. The molecule has 166 valence electrons. The summed E-state index contributed by atoms with van der Waals surface area (Å²) in [5, 5.41) is 4.61. The fourth-order valence-corrected chi connectivity index (χ4v) is 3.99. The van der Waals surface area contributed by atoms with Crippen molar-refractivity contribution in [2.75, 3.05) is 6.61 Å². The molecule has 0 bridgehead atoms. The first kappa shape index (κ1) is 24.5. The average Bonchev–Trinajstić information content (AvgIpc) is 2.76. The van der Waals surface area contributed by atoms with E-state index in [4.69, 9.17) is 21.1 Å². The van der Waals surface area contributed by atoms with E-state index in [2.05, 4.69) is 49.0 Å². The summed E-state index contributed by atoms with van der Waals surface area (Å²) < 4.78 is 13.7. The minimum atomic E-state index is -0.336. The van der Waals surface area contributed by atoms with Gasteiger partial charge in [0.2, 0.25) is 0 Å². The van der Waals surface area contributed by atoms with E-state index in [-0.39, 0.29) is 5.91 Å². The van der Waals surface area contributed by atoms with Crippen LogP contribution in [0.3, 0.4) is 0 Å². The highest BCUT2D eigenvalue weighted by molar-refractivity contribution is 14.1. The molecular formula is C24H21BrClIN2O3. The summed E-state index contributed by atoms with van der Waals surface area (Å²) in [5.41, 5.74) is 5.70. The first-order chi connectivity index (χ1) is 15.4. The van der Waals surface area contributed by atoms with Crippen molar-refractivity contribution in [3.8, 4) is 11.5 Å². The van der Waals surface area contributed by atoms with Gasteiger partial charge >= 0.3 is 0 Å². The van der Waals surface area contributed by atoms with Gasteiger partial charge in [-0.2, -0.15) is 5.10 Å². The third-order valence-electron chi connectivity index (χ3n) is 4.44. The summed E-state index contributed by atoms with van der Waals surface area (Å²) in [6, 6.07) is 16.8. The largest absolute Gasteiger partial charge is 0.490 e. The molecule has 0 aromatic heterocycles. The van der Waals surface area contributed by atoms with Gasteiger partial charge in [-0.05, 0) is 89.5 Å². The standard InChI is InChI=1S/C24H21BrClIN2O3/c1-3-31-22-11-17(13-28-29-24(30)18-7-4-15(2)20(26)12-18)10-21(27)23(22)32-14-16-5-8-19(25)9-6-16/h4-13H,3,14H2,1-2H3,(H,29,30)/b28-13-. The van der Waals surface area contributed by atoms with Crippen LogP contribution in [0.1, 0.15) is 34.0 Å². The van der Waals surface area contributed by atoms with Crippen LogP contribution in [0.25, 0.3) is 0 Å². The number of aryl methyl sites for hydroxylation is 1. The summed E-state index contributed by atoms with van der Waals surface area (Å²) in [5.74, 6) is 0.956. The van der Waals surface area contributed by atoms with Gasteiger partial charge in [-0.3, -0.25) is 4.79 Å². The number of nitrogens with zero attached hydrogens (tertiary/aromatic N) is 1. The fraction of sp³-hybridized carbons (Fsp3) is 0.167. The maximum atomic E-state index is 12.3. The number of benzene rings is 3. The number of hydrogen-bond donors (Lipinski definition) is 1. The summed E-state index contributed by atoms with van der Waals surface area (Å²) in [4.78, 5) is 12.3. The van der Waals surface area contributed by atoms with Crippen molar-refractivity contribution in [2.24, 2.45) is 5.10 Å². The van der Waals surface area contributed by atoms with Crippen LogP contribution in [0, 0.1) is 10.5 Å². The average molecular weight is 628 g/mol. The third kappa shape index (κ3) is 6.70. The minimum absolute atomic E-state index is 0.336. The highest BCUT2D eigenvalue weighted by atomic mass is 127. The summed E-state index contributed by atoms with van der Waals surface area (Å²) in [7, 11) is 0. The number of carbonyl (C=O) groups excluding carboxylic acids is 1. The Balaban J connectivity index is 1.71. The van der Waals surface area contributed by atoms with Crippen molar-refractivity contribution in [1.29, 1.82) is 0 Å². The number of halogens is 3. The Morgan fingerprint density at radius 1 is 1.16 bits per heavy atom. The van der Waals surface area contributed by atoms with Crippen LogP contribution >= 0.6 is 50.1 Å². The van der Waals surface area contributed by atoms with Crippen LogP contribution in [0.4, 0.5) is 0 Å². The Morgan fingerprint density at radius 3 is 2.59 bits per heavy atom. The molecule has 0 aliphatic heterocycles. The molecule has 0 fully saturated rings. The molecule has 0 saturated carbocycles. The lowest BCUT2D eigenvalue weighted by atomic mass is 10.1. The molecule has 0 atom stereocenters. The van der Waals surface area contributed by atoms with Gasteiger partial charge in [-0.15, -0.1) is 0 Å². The number of nitrogens with one attached hydrogen (secondary N) is 1. The lowest BCUT2D eigenvalue weighted by Crippen LogP contribution is -2.17. The zero-order valence-electron chi connectivity index (χ0n) is 17.5. The Kier molecular flexibility index (Phi) is 8.95. The molecule has 3 rings (SSSR count). The van der Waals surface area contributed by atoms with Crippen LogP contribution < -0.4 is 14.9 Å². The first-order valence-corrected chi connectivity index (χ1v) is 12.1. The van der Waals surface area contributed by atoms with Gasteiger partial charge in [0.05, 0.1) is 16.4 Å². The molecule has 1 N–H and O–H groups in total. The van der Waals surface area contributed by atoms with E-state index in [9.17, 15) is 4.79 Å². The van der Waals surface area contributed by atoms with Gasteiger partial charge < -0.3 is 9.47 Å². The molecule has 8 heteroatoms. The van der Waals surface area contributed by atoms with Crippen LogP contribution in [-0.4, -0.2) is 18.7 Å². The SMILES string of the molecule is CCOc1cc(/C=N\NC(=O)c2ccc(C)c(Cl)c2)cc(I)c1OCc1ccc(Br)cc1.